The van der Waals surface area contributed by atoms with E-state index in [9.17, 15) is 0 Å². The molecule has 0 heterocycles. The van der Waals surface area contributed by atoms with Gasteiger partial charge in [0, 0.05) is 0 Å². The van der Waals surface area contributed by atoms with Gasteiger partial charge in [-0.25, -0.2) is 5.57 Å². The molecule has 0 aromatic heterocycles. The standard InChI is InChI=1S/C9H13.C4H10N.4CH3.2ClH.2H2Si.Zr/c1-6-5-7(2)9(4)8(6)3;1-4(2,3)5;;;;;;;;;/h6H,1-4H3;5H,1-3H3;4*1H3;2*1H;2*1H2;/q6*-1;;;;;. The summed E-state index contributed by atoms with van der Waals surface area (Å²) in [5.41, 5.74) is 10.9. The Balaban J connectivity index is -0.0000000241. The number of allylic oxidation sites excluding steroid dienone is 4. The maximum absolute atomic E-state index is 6.94. The van der Waals surface area contributed by atoms with Crippen molar-refractivity contribution < 1.29 is 20.5 Å². The van der Waals surface area contributed by atoms with Crippen molar-refractivity contribution >= 4 is 38.6 Å². The Bertz CT molecular complexity index is 337. The summed E-state index contributed by atoms with van der Waals surface area (Å²) >= 11 is 0.286. The van der Waals surface area contributed by atoms with Gasteiger partial charge >= 0.3 is 34.2 Å². The zero-order chi connectivity index (χ0) is 14.2. The molecule has 1 aliphatic rings. The molecule has 1 atom stereocenters. The molecule has 0 saturated heterocycles. The first kappa shape index (κ1) is 49.7. The molecule has 0 bridgehead atoms. The second kappa shape index (κ2) is 25.6. The fourth-order valence-electron chi connectivity index (χ4n) is 1.16. The van der Waals surface area contributed by atoms with E-state index in [0.717, 1.165) is 0 Å². The molecule has 0 aromatic carbocycles. The summed E-state index contributed by atoms with van der Waals surface area (Å²) in [6, 6.07) is 0. The third-order valence-electron chi connectivity index (χ3n) is 2.24. The van der Waals surface area contributed by atoms with Crippen molar-refractivity contribution in [2.75, 3.05) is 0 Å². The van der Waals surface area contributed by atoms with Gasteiger partial charge in [-0.3, -0.25) is 6.08 Å². The first-order valence-electron chi connectivity index (χ1n) is 5.86. The Hall–Kier alpha value is 1.34. The summed E-state index contributed by atoms with van der Waals surface area (Å²) in [7, 11) is 0. The molecule has 6 heteroatoms. The fourth-order valence-corrected chi connectivity index (χ4v) is 1.16. The van der Waals surface area contributed by atoms with E-state index in [0.29, 0.717) is 5.92 Å². The molecule has 0 radical (unpaired) electrons. The van der Waals surface area contributed by atoms with Gasteiger partial charge < -0.3 is 35.4 Å². The number of nitrogens with one attached hydrogen (secondary N) is 1. The Morgan fingerprint density at radius 1 is 0.957 bits per heavy atom. The summed E-state index contributed by atoms with van der Waals surface area (Å²) < 4.78 is 0. The number of halogens is 2. The second-order valence-electron chi connectivity index (χ2n) is 5.30. The average Bonchev–Trinajstić information content (AvgIpc) is 2.32. The van der Waals surface area contributed by atoms with Gasteiger partial charge in [-0.05, 0) is 0 Å². The van der Waals surface area contributed by atoms with E-state index in [1.165, 1.54) is 16.7 Å². The molecule has 0 spiro atoms. The van der Waals surface area contributed by atoms with Gasteiger partial charge in [0.2, 0.25) is 0 Å². The summed E-state index contributed by atoms with van der Waals surface area (Å²) in [4.78, 5) is 0. The molecule has 1 nitrogen and oxygen atoms in total. The molecule has 1 rings (SSSR count). The molecule has 0 saturated carbocycles. The predicted molar refractivity (Wildman–Crippen MR) is 121 cm³/mol. The van der Waals surface area contributed by atoms with Crippen LogP contribution in [-0.2, 0) is 20.5 Å². The summed E-state index contributed by atoms with van der Waals surface area (Å²) in [6.07, 6.45) is 3.36. The first-order valence-corrected chi connectivity index (χ1v) is 17.7. The topological polar surface area (TPSA) is 23.8 Å². The fraction of sp³-hybridized carbons (Fsp3) is 0.529. The van der Waals surface area contributed by atoms with E-state index in [-0.39, 0.29) is 80.5 Å². The molecule has 1 unspecified atom stereocenters. The molecular formula is C17H41Cl2NSi2Zr-6. The van der Waals surface area contributed by atoms with Crippen LogP contribution in [0.15, 0.2) is 16.7 Å². The third kappa shape index (κ3) is 35.3. The summed E-state index contributed by atoms with van der Waals surface area (Å²) in [5, 5.41) is 0. The van der Waals surface area contributed by atoms with Crippen molar-refractivity contribution in [2.45, 2.75) is 54.0 Å². The minimum atomic E-state index is -0.250. The van der Waals surface area contributed by atoms with Crippen molar-refractivity contribution in [3.8, 4) is 0 Å². The van der Waals surface area contributed by atoms with Crippen molar-refractivity contribution in [1.82, 2.24) is 0 Å². The van der Waals surface area contributed by atoms with E-state index < -0.39 is 0 Å². The SMILES string of the molecule is CC(C)(C)[NH-].CC1=[C-]C(C)C(C)=C1C.Cl.Cl.[CH3-].[CH3-].[CH3-].[CH3-].[SiH2]=[Zr]=[SiH2]. The Kier molecular flexibility index (Phi) is 55.2. The molecule has 23 heavy (non-hydrogen) atoms. The predicted octanol–water partition coefficient (Wildman–Crippen LogP) is 5.37. The minimum absolute atomic E-state index is 0. The van der Waals surface area contributed by atoms with Gasteiger partial charge in [-0.2, -0.15) is 11.1 Å². The van der Waals surface area contributed by atoms with Crippen LogP contribution in [0.1, 0.15) is 48.5 Å². The van der Waals surface area contributed by atoms with Crippen LogP contribution in [0.2, 0.25) is 0 Å². The Morgan fingerprint density at radius 3 is 1.22 bits per heavy atom. The van der Waals surface area contributed by atoms with Gasteiger partial charge in [0.1, 0.15) is 0 Å². The van der Waals surface area contributed by atoms with Crippen LogP contribution < -0.4 is 0 Å². The van der Waals surface area contributed by atoms with E-state index >= 15 is 0 Å². The van der Waals surface area contributed by atoms with Gasteiger partial charge in [0.05, 0.1) is 0 Å². The molecule has 0 aromatic rings. The van der Waals surface area contributed by atoms with Crippen molar-refractivity contribution in [1.29, 1.82) is 0 Å². The Morgan fingerprint density at radius 2 is 1.17 bits per heavy atom. The molecular weight excluding hydrogens is 436 g/mol. The molecule has 0 fully saturated rings. The number of hydrogen-bond donors (Lipinski definition) is 0. The summed E-state index contributed by atoms with van der Waals surface area (Å²) in [6.45, 7) is 18.5. The van der Waals surface area contributed by atoms with Crippen LogP contribution in [0.4, 0.5) is 0 Å². The van der Waals surface area contributed by atoms with Crippen molar-refractivity contribution in [3.05, 3.63) is 58.2 Å². The van der Waals surface area contributed by atoms with Crippen molar-refractivity contribution in [3.63, 3.8) is 0 Å². The van der Waals surface area contributed by atoms with Gasteiger partial charge in [-0.15, -0.1) is 37.3 Å². The molecule has 1 N–H and O–H groups in total. The first-order chi connectivity index (χ1) is 7.54. The van der Waals surface area contributed by atoms with Crippen molar-refractivity contribution in [2.24, 2.45) is 5.92 Å². The van der Waals surface area contributed by atoms with Crippen LogP contribution in [-0.4, -0.2) is 19.3 Å². The maximum atomic E-state index is 6.94. The average molecular weight is 478 g/mol. The monoisotopic (exact) mass is 475 g/mol. The Labute approximate surface area is 176 Å². The van der Waals surface area contributed by atoms with Crippen LogP contribution >= 0.6 is 24.8 Å². The normalized spacial score (nSPS) is 13.6. The van der Waals surface area contributed by atoms with E-state index in [4.69, 9.17) is 5.73 Å². The van der Waals surface area contributed by atoms with Crippen LogP contribution in [0.3, 0.4) is 0 Å². The number of rotatable bonds is 0. The quantitative estimate of drug-likeness (QED) is 0.331. The van der Waals surface area contributed by atoms with E-state index in [2.05, 4.69) is 47.5 Å². The van der Waals surface area contributed by atoms with Gasteiger partial charge in [-0.1, -0.05) is 47.5 Å². The van der Waals surface area contributed by atoms with Gasteiger partial charge in [0.25, 0.3) is 0 Å². The van der Waals surface area contributed by atoms with E-state index in [1.807, 2.05) is 20.8 Å². The van der Waals surface area contributed by atoms with Crippen LogP contribution in [0, 0.1) is 41.7 Å². The third-order valence-corrected chi connectivity index (χ3v) is 2.24. The van der Waals surface area contributed by atoms with E-state index in [1.54, 1.807) is 0 Å². The zero-order valence-corrected chi connectivity index (χ0v) is 24.2. The van der Waals surface area contributed by atoms with Crippen LogP contribution in [0.25, 0.3) is 5.73 Å². The zero-order valence-electron chi connectivity index (χ0n) is 17.3. The molecule has 1 aliphatic carbocycles. The van der Waals surface area contributed by atoms with Crippen LogP contribution in [0.5, 0.6) is 0 Å². The summed E-state index contributed by atoms with van der Waals surface area (Å²) in [5.74, 6) is 0.560. The second-order valence-corrected chi connectivity index (χ2v) is 18.4. The number of hydrogen-bond acceptors (Lipinski definition) is 0. The molecule has 0 amide bonds. The van der Waals surface area contributed by atoms with Gasteiger partial charge in [0.15, 0.2) is 0 Å². The molecule has 0 aliphatic heterocycles. The molecule has 146 valence electrons.